The number of aliphatic hydroxyl groups excluding tert-OH is 1. The molecule has 1 aromatic rings. The van der Waals surface area contributed by atoms with Crippen molar-refractivity contribution in [1.29, 1.82) is 0 Å². The summed E-state index contributed by atoms with van der Waals surface area (Å²) in [6.07, 6.45) is 1.66. The zero-order valence-electron chi connectivity index (χ0n) is 13.3. The molecule has 0 unspecified atom stereocenters. The van der Waals surface area contributed by atoms with Crippen LogP contribution in [0.15, 0.2) is 29.2 Å². The number of hydrogen-bond acceptors (Lipinski definition) is 4. The number of rotatable bonds is 8. The largest absolute Gasteiger partial charge is 0.396 e. The predicted molar refractivity (Wildman–Crippen MR) is 85.9 cm³/mol. The van der Waals surface area contributed by atoms with Gasteiger partial charge in [-0.15, -0.1) is 0 Å². The second-order valence-corrected chi connectivity index (χ2v) is 7.62. The highest BCUT2D eigenvalue weighted by Gasteiger charge is 2.26. The summed E-state index contributed by atoms with van der Waals surface area (Å²) in [5, 5.41) is 12.8. The molecule has 0 saturated carbocycles. The quantitative estimate of drug-likeness (QED) is 0.771. The number of nitrogens with zero attached hydrogens (tertiary/aromatic N) is 1. The first kappa shape index (κ1) is 17.9. The second kappa shape index (κ2) is 7.24. The molecular weight excluding hydrogens is 288 g/mol. The molecule has 0 aliphatic carbocycles. The Labute approximate surface area is 128 Å². The normalized spacial score (nSPS) is 12.7. The van der Waals surface area contributed by atoms with Crippen LogP contribution < -0.4 is 5.32 Å². The molecule has 0 spiro atoms. The van der Waals surface area contributed by atoms with E-state index in [0.717, 1.165) is 12.8 Å². The van der Waals surface area contributed by atoms with E-state index in [0.29, 0.717) is 12.2 Å². The van der Waals surface area contributed by atoms with Gasteiger partial charge >= 0.3 is 0 Å². The van der Waals surface area contributed by atoms with Gasteiger partial charge in [0.05, 0.1) is 12.3 Å². The van der Waals surface area contributed by atoms with Crippen molar-refractivity contribution in [2.45, 2.75) is 31.6 Å². The van der Waals surface area contributed by atoms with Gasteiger partial charge in [-0.2, -0.15) is 0 Å². The number of aliphatic hydroxyl groups is 1. The van der Waals surface area contributed by atoms with Crippen LogP contribution in [0, 0.1) is 5.41 Å². The number of hydrogen-bond donors (Lipinski definition) is 2. The van der Waals surface area contributed by atoms with E-state index in [4.69, 9.17) is 0 Å². The minimum atomic E-state index is -3.49. The topological polar surface area (TPSA) is 69.6 Å². The lowest BCUT2D eigenvalue weighted by atomic mass is 9.83. The van der Waals surface area contributed by atoms with Crippen molar-refractivity contribution in [1.82, 2.24) is 4.31 Å². The molecule has 0 radical (unpaired) electrons. The first-order chi connectivity index (χ1) is 9.83. The van der Waals surface area contributed by atoms with Gasteiger partial charge in [0.15, 0.2) is 0 Å². The van der Waals surface area contributed by atoms with Crippen LogP contribution in [0.2, 0.25) is 0 Å². The maximum Gasteiger partial charge on any atom is 0.244 e. The molecule has 1 aromatic carbocycles. The standard InChI is InChI=1S/C15H26N2O3S/c1-5-15(6-2,12-18)11-16-13-9-7-8-10-14(13)21(19,20)17(3)4/h7-10,16,18H,5-6,11-12H2,1-4H3. The Bertz CT molecular complexity index is 544. The van der Waals surface area contributed by atoms with Gasteiger partial charge in [0.1, 0.15) is 4.90 Å². The van der Waals surface area contributed by atoms with Crippen molar-refractivity contribution < 1.29 is 13.5 Å². The molecule has 6 heteroatoms. The van der Waals surface area contributed by atoms with Gasteiger partial charge in [-0.3, -0.25) is 0 Å². The van der Waals surface area contributed by atoms with E-state index < -0.39 is 10.0 Å². The fourth-order valence-corrected chi connectivity index (χ4v) is 3.16. The Morgan fingerprint density at radius 1 is 1.19 bits per heavy atom. The summed E-state index contributed by atoms with van der Waals surface area (Å²) >= 11 is 0. The van der Waals surface area contributed by atoms with Crippen molar-refractivity contribution >= 4 is 15.7 Å². The fourth-order valence-electron chi connectivity index (χ4n) is 2.10. The molecule has 0 fully saturated rings. The monoisotopic (exact) mass is 314 g/mol. The van der Waals surface area contributed by atoms with Crippen molar-refractivity contribution in [2.75, 3.05) is 32.6 Å². The Morgan fingerprint density at radius 2 is 1.76 bits per heavy atom. The molecule has 0 aliphatic rings. The average Bonchev–Trinajstić information content (AvgIpc) is 2.49. The van der Waals surface area contributed by atoms with E-state index in [2.05, 4.69) is 5.32 Å². The van der Waals surface area contributed by atoms with Crippen LogP contribution in [-0.2, 0) is 10.0 Å². The molecule has 21 heavy (non-hydrogen) atoms. The third-order valence-electron chi connectivity index (χ3n) is 4.13. The van der Waals surface area contributed by atoms with Crippen LogP contribution in [-0.4, -0.2) is 45.1 Å². The maximum atomic E-state index is 12.3. The highest BCUT2D eigenvalue weighted by molar-refractivity contribution is 7.89. The van der Waals surface area contributed by atoms with Crippen LogP contribution >= 0.6 is 0 Å². The molecule has 0 heterocycles. The van der Waals surface area contributed by atoms with Gasteiger partial charge in [-0.1, -0.05) is 26.0 Å². The van der Waals surface area contributed by atoms with Crippen LogP contribution in [0.1, 0.15) is 26.7 Å². The van der Waals surface area contributed by atoms with Gasteiger partial charge in [-0.05, 0) is 25.0 Å². The molecular formula is C15H26N2O3S. The molecule has 0 aromatic heterocycles. The second-order valence-electron chi connectivity index (χ2n) is 5.50. The van der Waals surface area contributed by atoms with E-state index in [1.165, 1.54) is 18.4 Å². The lowest BCUT2D eigenvalue weighted by Crippen LogP contribution is -2.33. The smallest absolute Gasteiger partial charge is 0.244 e. The first-order valence-corrected chi connectivity index (χ1v) is 8.63. The highest BCUT2D eigenvalue weighted by atomic mass is 32.2. The highest BCUT2D eigenvalue weighted by Crippen LogP contribution is 2.28. The van der Waals surface area contributed by atoms with Gasteiger partial charge < -0.3 is 10.4 Å². The molecule has 120 valence electrons. The molecule has 0 bridgehead atoms. The average molecular weight is 314 g/mol. The van der Waals surface area contributed by atoms with E-state index in [9.17, 15) is 13.5 Å². The Morgan fingerprint density at radius 3 is 2.24 bits per heavy atom. The van der Waals surface area contributed by atoms with Gasteiger partial charge in [-0.25, -0.2) is 12.7 Å². The predicted octanol–water partition coefficient (Wildman–Crippen LogP) is 2.15. The van der Waals surface area contributed by atoms with Crippen molar-refractivity contribution in [2.24, 2.45) is 5.41 Å². The van der Waals surface area contributed by atoms with E-state index >= 15 is 0 Å². The fraction of sp³-hybridized carbons (Fsp3) is 0.600. The number of benzene rings is 1. The third-order valence-corrected chi connectivity index (χ3v) is 6.01. The number of para-hydroxylation sites is 1. The maximum absolute atomic E-state index is 12.3. The van der Waals surface area contributed by atoms with Crippen LogP contribution in [0.4, 0.5) is 5.69 Å². The molecule has 0 saturated heterocycles. The Kier molecular flexibility index (Phi) is 6.19. The molecule has 0 aliphatic heterocycles. The summed E-state index contributed by atoms with van der Waals surface area (Å²) in [4.78, 5) is 0.258. The van der Waals surface area contributed by atoms with Crippen LogP contribution in [0.5, 0.6) is 0 Å². The van der Waals surface area contributed by atoms with Crippen LogP contribution in [0.3, 0.4) is 0 Å². The minimum absolute atomic E-state index is 0.0790. The van der Waals surface area contributed by atoms with E-state index in [1.54, 1.807) is 24.3 Å². The van der Waals surface area contributed by atoms with E-state index in [1.807, 2.05) is 13.8 Å². The summed E-state index contributed by atoms with van der Waals surface area (Å²) < 4.78 is 25.8. The number of anilines is 1. The third kappa shape index (κ3) is 3.96. The Hall–Kier alpha value is -1.11. The molecule has 2 N–H and O–H groups in total. The number of nitrogens with one attached hydrogen (secondary N) is 1. The van der Waals surface area contributed by atoms with Crippen molar-refractivity contribution in [3.63, 3.8) is 0 Å². The summed E-state index contributed by atoms with van der Waals surface area (Å²) in [6.45, 7) is 4.68. The molecule has 5 nitrogen and oxygen atoms in total. The lowest BCUT2D eigenvalue weighted by Gasteiger charge is -2.30. The SMILES string of the molecule is CCC(CC)(CO)CNc1ccccc1S(=O)(=O)N(C)C. The number of sulfonamides is 1. The van der Waals surface area contributed by atoms with Crippen LogP contribution in [0.25, 0.3) is 0 Å². The minimum Gasteiger partial charge on any atom is -0.396 e. The van der Waals surface area contributed by atoms with Crippen molar-refractivity contribution in [3.05, 3.63) is 24.3 Å². The summed E-state index contributed by atoms with van der Waals surface area (Å²) in [5.74, 6) is 0. The van der Waals surface area contributed by atoms with E-state index in [-0.39, 0.29) is 16.9 Å². The Balaban J connectivity index is 3.06. The van der Waals surface area contributed by atoms with Crippen molar-refractivity contribution in [3.8, 4) is 0 Å². The molecule has 1 rings (SSSR count). The van der Waals surface area contributed by atoms with Gasteiger partial charge in [0.25, 0.3) is 0 Å². The molecule has 0 amide bonds. The zero-order chi connectivity index (χ0) is 16.1. The van der Waals surface area contributed by atoms with Gasteiger partial charge in [0.2, 0.25) is 10.0 Å². The summed E-state index contributed by atoms with van der Waals surface area (Å²) in [5.41, 5.74) is 0.348. The lowest BCUT2D eigenvalue weighted by molar-refractivity contribution is 0.127. The summed E-state index contributed by atoms with van der Waals surface area (Å²) in [7, 11) is -0.455. The molecule has 0 atom stereocenters. The van der Waals surface area contributed by atoms with Gasteiger partial charge in [0, 0.05) is 26.1 Å². The summed E-state index contributed by atoms with van der Waals surface area (Å²) in [6, 6.07) is 6.86. The first-order valence-electron chi connectivity index (χ1n) is 7.19. The zero-order valence-corrected chi connectivity index (χ0v) is 14.1.